The van der Waals surface area contributed by atoms with Crippen LogP contribution < -0.4 is 4.74 Å². The van der Waals surface area contributed by atoms with Crippen molar-refractivity contribution in [2.75, 3.05) is 7.11 Å². The zero-order valence-corrected chi connectivity index (χ0v) is 10.9. The van der Waals surface area contributed by atoms with Crippen molar-refractivity contribution in [1.29, 1.82) is 0 Å². The quantitative estimate of drug-likeness (QED) is 0.794. The second kappa shape index (κ2) is 5.19. The molecular formula is C14H12ClNO2. The smallest absolute Gasteiger partial charge is 0.221 e. The van der Waals surface area contributed by atoms with Crippen molar-refractivity contribution >= 4 is 17.9 Å². The van der Waals surface area contributed by atoms with Gasteiger partial charge in [-0.1, -0.05) is 23.7 Å². The second-order valence-corrected chi connectivity index (χ2v) is 4.28. The maximum Gasteiger partial charge on any atom is 0.221 e. The first kappa shape index (κ1) is 12.6. The lowest BCUT2D eigenvalue weighted by Gasteiger charge is -2.10. The number of aromatic nitrogens is 1. The molecule has 4 heteroatoms. The lowest BCUT2D eigenvalue weighted by atomic mass is 10.0. The third-order valence-corrected chi connectivity index (χ3v) is 2.91. The van der Waals surface area contributed by atoms with Crippen molar-refractivity contribution in [2.45, 2.75) is 6.92 Å². The Labute approximate surface area is 110 Å². The molecule has 1 heterocycles. The minimum absolute atomic E-state index is 0.486. The number of aldehydes is 1. The minimum atomic E-state index is 0.486. The van der Waals surface area contributed by atoms with Crippen LogP contribution in [0.15, 0.2) is 30.3 Å². The Morgan fingerprint density at radius 1 is 1.33 bits per heavy atom. The van der Waals surface area contributed by atoms with Gasteiger partial charge in [-0.25, -0.2) is 4.98 Å². The number of aryl methyl sites for hydroxylation is 1. The highest BCUT2D eigenvalue weighted by molar-refractivity contribution is 6.30. The molecule has 0 spiro atoms. The summed E-state index contributed by atoms with van der Waals surface area (Å²) in [5.74, 6) is 0.486. The fraction of sp³-hybridized carbons (Fsp3) is 0.143. The van der Waals surface area contributed by atoms with E-state index in [1.54, 1.807) is 26.2 Å². The molecule has 18 heavy (non-hydrogen) atoms. The number of nitrogens with zero attached hydrogens (tertiary/aromatic N) is 1. The van der Waals surface area contributed by atoms with Crippen molar-refractivity contribution in [3.63, 3.8) is 0 Å². The summed E-state index contributed by atoms with van der Waals surface area (Å²) < 4.78 is 5.25. The van der Waals surface area contributed by atoms with Gasteiger partial charge in [-0.2, -0.15) is 0 Å². The molecule has 0 radical (unpaired) electrons. The van der Waals surface area contributed by atoms with Crippen LogP contribution in [-0.2, 0) is 0 Å². The van der Waals surface area contributed by atoms with Crippen LogP contribution in [-0.4, -0.2) is 18.4 Å². The minimum Gasteiger partial charge on any atom is -0.481 e. The normalized spacial score (nSPS) is 10.2. The van der Waals surface area contributed by atoms with Gasteiger partial charge < -0.3 is 4.74 Å². The standard InChI is InChI=1S/C14H12ClNO2/c1-9-11(8-17)7-13(14(16-9)18-2)10-4-3-5-12(15)6-10/h3-8H,1-2H3. The van der Waals surface area contributed by atoms with E-state index >= 15 is 0 Å². The fourth-order valence-electron chi connectivity index (χ4n) is 1.74. The van der Waals surface area contributed by atoms with Crippen molar-refractivity contribution < 1.29 is 9.53 Å². The summed E-state index contributed by atoms with van der Waals surface area (Å²) in [5, 5.41) is 0.628. The number of carbonyl (C=O) groups excluding carboxylic acids is 1. The molecule has 0 bridgehead atoms. The van der Waals surface area contributed by atoms with E-state index in [1.165, 1.54) is 0 Å². The number of halogens is 1. The maximum atomic E-state index is 11.0. The Kier molecular flexibility index (Phi) is 3.63. The Balaban J connectivity index is 2.65. The molecule has 92 valence electrons. The number of pyridine rings is 1. The average Bonchev–Trinajstić information content (AvgIpc) is 2.38. The van der Waals surface area contributed by atoms with Crippen molar-refractivity contribution in [3.05, 3.63) is 46.6 Å². The summed E-state index contributed by atoms with van der Waals surface area (Å²) >= 11 is 5.96. The van der Waals surface area contributed by atoms with Gasteiger partial charge >= 0.3 is 0 Å². The molecule has 3 nitrogen and oxygen atoms in total. The lowest BCUT2D eigenvalue weighted by molar-refractivity contribution is 0.112. The van der Waals surface area contributed by atoms with E-state index in [1.807, 2.05) is 18.2 Å². The molecule has 0 aliphatic heterocycles. The van der Waals surface area contributed by atoms with E-state index in [2.05, 4.69) is 4.98 Å². The molecule has 2 rings (SSSR count). The number of hydrogen-bond donors (Lipinski definition) is 0. The number of benzene rings is 1. The van der Waals surface area contributed by atoms with Gasteiger partial charge in [0.2, 0.25) is 5.88 Å². The predicted octanol–water partition coefficient (Wildman–Crippen LogP) is 3.53. The van der Waals surface area contributed by atoms with Crippen LogP contribution in [0.2, 0.25) is 5.02 Å². The van der Waals surface area contributed by atoms with E-state index in [0.29, 0.717) is 22.2 Å². The first-order valence-electron chi connectivity index (χ1n) is 5.42. The third kappa shape index (κ3) is 2.36. The van der Waals surface area contributed by atoms with Gasteiger partial charge in [-0.3, -0.25) is 4.79 Å². The number of hydrogen-bond acceptors (Lipinski definition) is 3. The van der Waals surface area contributed by atoms with Gasteiger partial charge in [-0.15, -0.1) is 0 Å². The highest BCUT2D eigenvalue weighted by Gasteiger charge is 2.11. The second-order valence-electron chi connectivity index (χ2n) is 3.85. The van der Waals surface area contributed by atoms with Gasteiger partial charge in [-0.05, 0) is 30.7 Å². The van der Waals surface area contributed by atoms with Crippen molar-refractivity contribution in [3.8, 4) is 17.0 Å². The van der Waals surface area contributed by atoms with E-state index in [-0.39, 0.29) is 0 Å². The highest BCUT2D eigenvalue weighted by atomic mass is 35.5. The van der Waals surface area contributed by atoms with Crippen molar-refractivity contribution in [1.82, 2.24) is 4.98 Å². The van der Waals surface area contributed by atoms with Gasteiger partial charge in [0.1, 0.15) is 0 Å². The highest BCUT2D eigenvalue weighted by Crippen LogP contribution is 2.31. The monoisotopic (exact) mass is 261 g/mol. The summed E-state index contributed by atoms with van der Waals surface area (Å²) in [6, 6.07) is 9.11. The number of rotatable bonds is 3. The van der Waals surface area contributed by atoms with Crippen LogP contribution in [0.25, 0.3) is 11.1 Å². The average molecular weight is 262 g/mol. The molecule has 0 saturated carbocycles. The third-order valence-electron chi connectivity index (χ3n) is 2.67. The van der Waals surface area contributed by atoms with Crippen LogP contribution in [0.1, 0.15) is 16.1 Å². The summed E-state index contributed by atoms with van der Waals surface area (Å²) in [5.41, 5.74) is 2.82. The first-order valence-corrected chi connectivity index (χ1v) is 5.80. The van der Waals surface area contributed by atoms with Gasteiger partial charge in [0, 0.05) is 16.1 Å². The van der Waals surface area contributed by atoms with E-state index < -0.39 is 0 Å². The van der Waals surface area contributed by atoms with Crippen LogP contribution in [0, 0.1) is 6.92 Å². The topological polar surface area (TPSA) is 39.2 Å². The largest absolute Gasteiger partial charge is 0.481 e. The molecular weight excluding hydrogens is 250 g/mol. The van der Waals surface area contributed by atoms with E-state index in [9.17, 15) is 4.79 Å². The lowest BCUT2D eigenvalue weighted by Crippen LogP contribution is -1.98. The molecule has 0 saturated heterocycles. The molecule has 0 fully saturated rings. The molecule has 1 aromatic carbocycles. The SMILES string of the molecule is COc1nc(C)c(C=O)cc1-c1cccc(Cl)c1. The molecule has 0 aliphatic rings. The summed E-state index contributed by atoms with van der Waals surface area (Å²) in [7, 11) is 1.55. The number of methoxy groups -OCH3 is 1. The van der Waals surface area contributed by atoms with Gasteiger partial charge in [0.25, 0.3) is 0 Å². The van der Waals surface area contributed by atoms with Gasteiger partial charge in [0.15, 0.2) is 6.29 Å². The predicted molar refractivity (Wildman–Crippen MR) is 71.4 cm³/mol. The Morgan fingerprint density at radius 2 is 2.11 bits per heavy atom. The zero-order valence-electron chi connectivity index (χ0n) is 10.1. The molecule has 0 amide bonds. The number of ether oxygens (including phenoxy) is 1. The van der Waals surface area contributed by atoms with Crippen LogP contribution in [0.4, 0.5) is 0 Å². The summed E-state index contributed by atoms with van der Waals surface area (Å²) in [4.78, 5) is 15.2. The zero-order chi connectivity index (χ0) is 13.1. The first-order chi connectivity index (χ1) is 8.65. The molecule has 2 aromatic rings. The molecule has 0 atom stereocenters. The Bertz CT molecular complexity index is 596. The Morgan fingerprint density at radius 3 is 2.72 bits per heavy atom. The molecule has 0 N–H and O–H groups in total. The summed E-state index contributed by atoms with van der Waals surface area (Å²) in [6.07, 6.45) is 0.788. The Hall–Kier alpha value is -1.87. The van der Waals surface area contributed by atoms with Gasteiger partial charge in [0.05, 0.1) is 12.8 Å². The number of carbonyl (C=O) groups is 1. The fourth-order valence-corrected chi connectivity index (χ4v) is 1.93. The molecule has 0 unspecified atom stereocenters. The van der Waals surface area contributed by atoms with E-state index in [4.69, 9.17) is 16.3 Å². The molecule has 0 aliphatic carbocycles. The van der Waals surface area contributed by atoms with Crippen LogP contribution in [0.3, 0.4) is 0 Å². The maximum absolute atomic E-state index is 11.0. The van der Waals surface area contributed by atoms with Crippen LogP contribution >= 0.6 is 11.6 Å². The van der Waals surface area contributed by atoms with E-state index in [0.717, 1.165) is 17.4 Å². The summed E-state index contributed by atoms with van der Waals surface area (Å²) in [6.45, 7) is 1.77. The van der Waals surface area contributed by atoms with Crippen LogP contribution in [0.5, 0.6) is 5.88 Å². The molecule has 1 aromatic heterocycles. The van der Waals surface area contributed by atoms with Crippen molar-refractivity contribution in [2.24, 2.45) is 0 Å².